The molecule has 0 bridgehead atoms. The highest BCUT2D eigenvalue weighted by Crippen LogP contribution is 2.13. The quantitative estimate of drug-likeness (QED) is 0.486. The summed E-state index contributed by atoms with van der Waals surface area (Å²) in [7, 11) is -1.71. The van der Waals surface area contributed by atoms with Gasteiger partial charge in [-0.3, -0.25) is 0 Å². The summed E-state index contributed by atoms with van der Waals surface area (Å²) in [5, 5.41) is 18.4. The molecule has 0 saturated carbocycles. The standard InChI is InChI=1S/C14H13BO4/c1-10-6-8-11(9-7-10)19-14(16)12-4-2-3-5-13(12)15(17)18/h2-9,17-18H,1H3. The predicted molar refractivity (Wildman–Crippen MR) is 72.4 cm³/mol. The first-order valence-corrected chi connectivity index (χ1v) is 5.82. The summed E-state index contributed by atoms with van der Waals surface area (Å²) < 4.78 is 5.19. The van der Waals surface area contributed by atoms with Crippen molar-refractivity contribution in [1.29, 1.82) is 0 Å². The molecule has 0 heterocycles. The van der Waals surface area contributed by atoms with Gasteiger partial charge in [-0.2, -0.15) is 0 Å². The first kappa shape index (κ1) is 13.3. The van der Waals surface area contributed by atoms with Crippen molar-refractivity contribution in [2.24, 2.45) is 0 Å². The van der Waals surface area contributed by atoms with Crippen LogP contribution in [0.3, 0.4) is 0 Å². The molecule has 2 aromatic carbocycles. The van der Waals surface area contributed by atoms with Crippen LogP contribution in [0.1, 0.15) is 15.9 Å². The van der Waals surface area contributed by atoms with E-state index in [9.17, 15) is 14.8 Å². The molecule has 0 fully saturated rings. The van der Waals surface area contributed by atoms with Gasteiger partial charge in [0, 0.05) is 0 Å². The van der Waals surface area contributed by atoms with Crippen LogP contribution in [-0.4, -0.2) is 23.1 Å². The van der Waals surface area contributed by atoms with E-state index >= 15 is 0 Å². The van der Waals surface area contributed by atoms with E-state index in [0.717, 1.165) is 5.56 Å². The van der Waals surface area contributed by atoms with Crippen molar-refractivity contribution in [2.45, 2.75) is 6.92 Å². The maximum absolute atomic E-state index is 12.0. The highest BCUT2D eigenvalue weighted by molar-refractivity contribution is 6.60. The van der Waals surface area contributed by atoms with E-state index in [-0.39, 0.29) is 11.0 Å². The number of carbonyl (C=O) groups is 1. The van der Waals surface area contributed by atoms with Crippen molar-refractivity contribution in [1.82, 2.24) is 0 Å². The van der Waals surface area contributed by atoms with Gasteiger partial charge in [-0.1, -0.05) is 35.9 Å². The van der Waals surface area contributed by atoms with Gasteiger partial charge in [0.15, 0.2) is 0 Å². The van der Waals surface area contributed by atoms with Crippen LogP contribution < -0.4 is 10.2 Å². The SMILES string of the molecule is Cc1ccc(OC(=O)c2ccccc2B(O)O)cc1. The van der Waals surface area contributed by atoms with Crippen LogP contribution in [0.15, 0.2) is 48.5 Å². The zero-order valence-electron chi connectivity index (χ0n) is 10.4. The molecule has 0 spiro atoms. The van der Waals surface area contributed by atoms with Gasteiger partial charge in [-0.15, -0.1) is 0 Å². The third-order valence-electron chi connectivity index (χ3n) is 2.69. The molecule has 2 aromatic rings. The maximum atomic E-state index is 12.0. The molecule has 0 aromatic heterocycles. The van der Waals surface area contributed by atoms with Crippen LogP contribution in [0, 0.1) is 6.92 Å². The highest BCUT2D eigenvalue weighted by atomic mass is 16.5. The highest BCUT2D eigenvalue weighted by Gasteiger charge is 2.21. The monoisotopic (exact) mass is 256 g/mol. The zero-order valence-corrected chi connectivity index (χ0v) is 10.4. The molecule has 0 unspecified atom stereocenters. The molecule has 4 nitrogen and oxygen atoms in total. The molecular weight excluding hydrogens is 243 g/mol. The Bertz CT molecular complexity index is 578. The Labute approximate surface area is 111 Å². The second-order valence-corrected chi connectivity index (χ2v) is 4.16. The fourth-order valence-electron chi connectivity index (χ4n) is 1.68. The summed E-state index contributed by atoms with van der Waals surface area (Å²) in [5.41, 5.74) is 1.32. The van der Waals surface area contributed by atoms with Crippen LogP contribution in [0.25, 0.3) is 0 Å². The average Bonchev–Trinajstić information content (AvgIpc) is 2.41. The minimum absolute atomic E-state index is 0.125. The summed E-state index contributed by atoms with van der Waals surface area (Å²) in [6.07, 6.45) is 0. The second-order valence-electron chi connectivity index (χ2n) is 4.16. The number of ether oxygens (including phenoxy) is 1. The molecule has 2 rings (SSSR count). The van der Waals surface area contributed by atoms with Gasteiger partial charge in [-0.05, 0) is 30.6 Å². The summed E-state index contributed by atoms with van der Waals surface area (Å²) in [6.45, 7) is 1.93. The molecule has 0 amide bonds. The summed E-state index contributed by atoms with van der Waals surface area (Å²) in [6, 6.07) is 13.2. The van der Waals surface area contributed by atoms with E-state index in [1.165, 1.54) is 12.1 Å². The zero-order chi connectivity index (χ0) is 13.8. The fourth-order valence-corrected chi connectivity index (χ4v) is 1.68. The third-order valence-corrected chi connectivity index (χ3v) is 2.69. The van der Waals surface area contributed by atoms with Gasteiger partial charge < -0.3 is 14.8 Å². The van der Waals surface area contributed by atoms with Gasteiger partial charge in [0.2, 0.25) is 0 Å². The largest absolute Gasteiger partial charge is 0.489 e. The Kier molecular flexibility index (Phi) is 3.99. The normalized spacial score (nSPS) is 10.1. The Balaban J connectivity index is 2.23. The molecule has 0 aliphatic heterocycles. The van der Waals surface area contributed by atoms with Gasteiger partial charge in [0.05, 0.1) is 5.56 Å². The topological polar surface area (TPSA) is 66.8 Å². The molecule has 19 heavy (non-hydrogen) atoms. The van der Waals surface area contributed by atoms with Crippen molar-refractivity contribution >= 4 is 18.6 Å². The van der Waals surface area contributed by atoms with Crippen LogP contribution in [0.4, 0.5) is 0 Å². The number of hydrogen-bond donors (Lipinski definition) is 2. The van der Waals surface area contributed by atoms with E-state index in [1.54, 1.807) is 24.3 Å². The van der Waals surface area contributed by atoms with Crippen LogP contribution in [-0.2, 0) is 0 Å². The summed E-state index contributed by atoms with van der Waals surface area (Å²) >= 11 is 0. The molecule has 0 atom stereocenters. The van der Waals surface area contributed by atoms with Crippen LogP contribution in [0.2, 0.25) is 0 Å². The lowest BCUT2D eigenvalue weighted by atomic mass is 9.77. The molecule has 0 aliphatic carbocycles. The number of hydrogen-bond acceptors (Lipinski definition) is 4. The molecule has 0 radical (unpaired) electrons. The first-order chi connectivity index (χ1) is 9.08. The van der Waals surface area contributed by atoms with Crippen molar-refractivity contribution in [3.63, 3.8) is 0 Å². The summed E-state index contributed by atoms with van der Waals surface area (Å²) in [4.78, 5) is 12.0. The minimum atomic E-state index is -1.71. The van der Waals surface area contributed by atoms with Crippen molar-refractivity contribution in [3.05, 3.63) is 59.7 Å². The lowest BCUT2D eigenvalue weighted by molar-refractivity contribution is 0.0735. The van der Waals surface area contributed by atoms with Crippen LogP contribution >= 0.6 is 0 Å². The third kappa shape index (κ3) is 3.22. The van der Waals surface area contributed by atoms with E-state index in [2.05, 4.69) is 0 Å². The molecule has 2 N–H and O–H groups in total. The van der Waals surface area contributed by atoms with E-state index < -0.39 is 13.1 Å². The molecule has 5 heteroatoms. The Morgan fingerprint density at radius 1 is 1.05 bits per heavy atom. The Morgan fingerprint density at radius 2 is 1.68 bits per heavy atom. The second kappa shape index (κ2) is 5.69. The van der Waals surface area contributed by atoms with E-state index in [0.29, 0.717) is 5.75 Å². The number of carbonyl (C=O) groups excluding carboxylic acids is 1. The van der Waals surface area contributed by atoms with Gasteiger partial charge in [-0.25, -0.2) is 4.79 Å². The van der Waals surface area contributed by atoms with Crippen molar-refractivity contribution < 1.29 is 19.6 Å². The number of benzene rings is 2. The number of esters is 1. The predicted octanol–water partition coefficient (Wildman–Crippen LogP) is 0.894. The van der Waals surface area contributed by atoms with Gasteiger partial charge in [0.25, 0.3) is 0 Å². The average molecular weight is 256 g/mol. The molecular formula is C14H13BO4. The lowest BCUT2D eigenvalue weighted by Crippen LogP contribution is -2.35. The number of rotatable bonds is 3. The van der Waals surface area contributed by atoms with Crippen molar-refractivity contribution in [2.75, 3.05) is 0 Å². The Morgan fingerprint density at radius 3 is 2.32 bits per heavy atom. The maximum Gasteiger partial charge on any atom is 0.489 e. The lowest BCUT2D eigenvalue weighted by Gasteiger charge is -2.08. The number of aryl methyl sites for hydroxylation is 1. The smallest absolute Gasteiger partial charge is 0.423 e. The van der Waals surface area contributed by atoms with E-state index in [4.69, 9.17) is 4.74 Å². The fraction of sp³-hybridized carbons (Fsp3) is 0.0714. The molecule has 96 valence electrons. The van der Waals surface area contributed by atoms with Crippen molar-refractivity contribution in [3.8, 4) is 5.75 Å². The Hall–Kier alpha value is -2.11. The minimum Gasteiger partial charge on any atom is -0.423 e. The van der Waals surface area contributed by atoms with E-state index in [1.807, 2.05) is 19.1 Å². The summed E-state index contributed by atoms with van der Waals surface area (Å²) in [5.74, 6) is -0.203. The molecule has 0 aliphatic rings. The first-order valence-electron chi connectivity index (χ1n) is 5.82. The van der Waals surface area contributed by atoms with Gasteiger partial charge >= 0.3 is 13.1 Å². The van der Waals surface area contributed by atoms with Crippen LogP contribution in [0.5, 0.6) is 5.75 Å². The molecule has 0 saturated heterocycles. The van der Waals surface area contributed by atoms with Gasteiger partial charge in [0.1, 0.15) is 5.75 Å².